The van der Waals surface area contributed by atoms with Crippen molar-refractivity contribution >= 4 is 12.0 Å². The third kappa shape index (κ3) is 2.58. The fourth-order valence-electron chi connectivity index (χ4n) is 2.72. The molecule has 0 radical (unpaired) electrons. The number of aliphatic carboxylic acids is 1. The van der Waals surface area contributed by atoms with Gasteiger partial charge >= 0.3 is 12.0 Å². The molecule has 2 heterocycles. The van der Waals surface area contributed by atoms with E-state index < -0.39 is 12.0 Å². The maximum Gasteiger partial charge on any atom is 0.326 e. The molecule has 0 aliphatic carbocycles. The predicted octanol–water partition coefficient (Wildman–Crippen LogP) is 0.624. The Bertz CT molecular complexity index is 328. The molecule has 1 N–H and O–H groups in total. The smallest absolute Gasteiger partial charge is 0.326 e. The first-order chi connectivity index (χ1) is 8.61. The number of carboxylic acids is 1. The Labute approximate surface area is 106 Å². The van der Waals surface area contributed by atoms with Crippen molar-refractivity contribution in [1.82, 2.24) is 9.80 Å². The van der Waals surface area contributed by atoms with Gasteiger partial charge in [-0.3, -0.25) is 0 Å². The van der Waals surface area contributed by atoms with Gasteiger partial charge in [-0.1, -0.05) is 6.92 Å². The van der Waals surface area contributed by atoms with E-state index >= 15 is 0 Å². The Morgan fingerprint density at radius 2 is 1.89 bits per heavy atom. The monoisotopic (exact) mass is 256 g/mol. The minimum atomic E-state index is -0.899. The van der Waals surface area contributed by atoms with Crippen LogP contribution in [0.3, 0.4) is 0 Å². The lowest BCUT2D eigenvalue weighted by molar-refractivity contribution is -0.145. The van der Waals surface area contributed by atoms with E-state index in [4.69, 9.17) is 4.74 Å². The number of amides is 2. The SMILES string of the molecule is CC1CCCN(C(=O)N2CCOCC2)C1C(=O)O. The lowest BCUT2D eigenvalue weighted by Gasteiger charge is -2.40. The highest BCUT2D eigenvalue weighted by molar-refractivity contribution is 5.83. The molecule has 6 heteroatoms. The second kappa shape index (κ2) is 5.56. The van der Waals surface area contributed by atoms with Gasteiger partial charge in [0.1, 0.15) is 6.04 Å². The molecule has 2 atom stereocenters. The maximum absolute atomic E-state index is 12.3. The van der Waals surface area contributed by atoms with Crippen LogP contribution in [-0.2, 0) is 9.53 Å². The Morgan fingerprint density at radius 3 is 2.50 bits per heavy atom. The van der Waals surface area contributed by atoms with E-state index in [2.05, 4.69) is 0 Å². The molecule has 0 spiro atoms. The molecule has 2 fully saturated rings. The van der Waals surface area contributed by atoms with Crippen molar-refractivity contribution < 1.29 is 19.4 Å². The average molecular weight is 256 g/mol. The molecule has 0 aromatic carbocycles. The summed E-state index contributed by atoms with van der Waals surface area (Å²) in [6, 6.07) is -0.841. The molecular formula is C12H20N2O4. The number of carbonyl (C=O) groups excluding carboxylic acids is 1. The van der Waals surface area contributed by atoms with Crippen molar-refractivity contribution in [2.75, 3.05) is 32.8 Å². The van der Waals surface area contributed by atoms with Crippen molar-refractivity contribution in [2.45, 2.75) is 25.8 Å². The molecule has 0 aromatic heterocycles. The van der Waals surface area contributed by atoms with Crippen LogP contribution in [0.15, 0.2) is 0 Å². The summed E-state index contributed by atoms with van der Waals surface area (Å²) < 4.78 is 5.20. The minimum Gasteiger partial charge on any atom is -0.480 e. The molecule has 102 valence electrons. The van der Waals surface area contributed by atoms with E-state index in [9.17, 15) is 14.7 Å². The lowest BCUT2D eigenvalue weighted by atomic mass is 9.91. The summed E-state index contributed by atoms with van der Waals surface area (Å²) in [4.78, 5) is 26.9. The number of hydrogen-bond acceptors (Lipinski definition) is 3. The van der Waals surface area contributed by atoms with Crippen LogP contribution in [0.25, 0.3) is 0 Å². The largest absolute Gasteiger partial charge is 0.480 e. The van der Waals surface area contributed by atoms with Crippen LogP contribution in [0, 0.1) is 5.92 Å². The van der Waals surface area contributed by atoms with Gasteiger partial charge in [-0.05, 0) is 18.8 Å². The van der Waals surface area contributed by atoms with Gasteiger partial charge in [0.15, 0.2) is 0 Å². The van der Waals surface area contributed by atoms with Crippen molar-refractivity contribution in [3.8, 4) is 0 Å². The topological polar surface area (TPSA) is 70.1 Å². The Morgan fingerprint density at radius 1 is 1.22 bits per heavy atom. The number of morpholine rings is 1. The molecule has 0 saturated carbocycles. The molecule has 0 aromatic rings. The summed E-state index contributed by atoms with van der Waals surface area (Å²) in [6.07, 6.45) is 1.74. The van der Waals surface area contributed by atoms with Crippen molar-refractivity contribution in [2.24, 2.45) is 5.92 Å². The first kappa shape index (κ1) is 13.1. The Balaban J connectivity index is 2.08. The minimum absolute atomic E-state index is 0.0150. The zero-order chi connectivity index (χ0) is 13.1. The summed E-state index contributed by atoms with van der Waals surface area (Å²) in [5.74, 6) is -0.884. The Kier molecular flexibility index (Phi) is 4.06. The summed E-state index contributed by atoms with van der Waals surface area (Å²) in [5, 5.41) is 9.29. The fraction of sp³-hybridized carbons (Fsp3) is 0.833. The molecule has 2 unspecified atom stereocenters. The number of likely N-dealkylation sites (tertiary alicyclic amines) is 1. The van der Waals surface area contributed by atoms with E-state index in [-0.39, 0.29) is 11.9 Å². The first-order valence-corrected chi connectivity index (χ1v) is 6.47. The molecule has 6 nitrogen and oxygen atoms in total. The van der Waals surface area contributed by atoms with Crippen LogP contribution in [0.2, 0.25) is 0 Å². The van der Waals surface area contributed by atoms with Crippen LogP contribution < -0.4 is 0 Å². The zero-order valence-electron chi connectivity index (χ0n) is 10.7. The number of piperidine rings is 1. The van der Waals surface area contributed by atoms with Crippen molar-refractivity contribution in [3.63, 3.8) is 0 Å². The third-order valence-corrected chi connectivity index (χ3v) is 3.71. The van der Waals surface area contributed by atoms with Gasteiger partial charge in [0, 0.05) is 19.6 Å². The van der Waals surface area contributed by atoms with E-state index in [1.54, 1.807) is 4.90 Å². The molecule has 0 bridgehead atoms. The molecule has 2 aliphatic heterocycles. The highest BCUT2D eigenvalue weighted by atomic mass is 16.5. The van der Waals surface area contributed by atoms with Gasteiger partial charge < -0.3 is 19.6 Å². The molecular weight excluding hydrogens is 236 g/mol. The van der Waals surface area contributed by atoms with Crippen molar-refractivity contribution in [3.05, 3.63) is 0 Å². The molecule has 2 amide bonds. The number of rotatable bonds is 1. The number of urea groups is 1. The first-order valence-electron chi connectivity index (χ1n) is 6.47. The van der Waals surface area contributed by atoms with Crippen LogP contribution in [0.4, 0.5) is 4.79 Å². The van der Waals surface area contributed by atoms with E-state index in [0.29, 0.717) is 32.8 Å². The normalized spacial score (nSPS) is 29.2. The molecule has 2 saturated heterocycles. The predicted molar refractivity (Wildman–Crippen MR) is 64.3 cm³/mol. The number of ether oxygens (including phenoxy) is 1. The van der Waals surface area contributed by atoms with Gasteiger partial charge in [-0.2, -0.15) is 0 Å². The quantitative estimate of drug-likeness (QED) is 0.747. The van der Waals surface area contributed by atoms with E-state index in [0.717, 1.165) is 12.8 Å². The molecule has 18 heavy (non-hydrogen) atoms. The van der Waals surface area contributed by atoms with Crippen LogP contribution in [-0.4, -0.2) is 65.8 Å². The summed E-state index contributed by atoms with van der Waals surface area (Å²) in [5.41, 5.74) is 0. The molecule has 2 aliphatic rings. The van der Waals surface area contributed by atoms with E-state index in [1.807, 2.05) is 6.92 Å². The zero-order valence-corrected chi connectivity index (χ0v) is 10.7. The number of nitrogens with zero attached hydrogens (tertiary/aromatic N) is 2. The standard InChI is InChI=1S/C12H20N2O4/c1-9-3-2-4-14(10(9)11(15)16)12(17)13-5-7-18-8-6-13/h9-10H,2-8H2,1H3,(H,15,16). The van der Waals surface area contributed by atoms with Crippen molar-refractivity contribution in [1.29, 1.82) is 0 Å². The number of hydrogen-bond donors (Lipinski definition) is 1. The van der Waals surface area contributed by atoms with E-state index in [1.165, 1.54) is 4.90 Å². The van der Waals surface area contributed by atoms with Gasteiger partial charge in [0.05, 0.1) is 13.2 Å². The maximum atomic E-state index is 12.3. The summed E-state index contributed by atoms with van der Waals surface area (Å²) in [6.45, 7) is 4.61. The van der Waals surface area contributed by atoms with Gasteiger partial charge in [-0.25, -0.2) is 9.59 Å². The van der Waals surface area contributed by atoms with Crippen LogP contribution in [0.1, 0.15) is 19.8 Å². The third-order valence-electron chi connectivity index (χ3n) is 3.71. The average Bonchev–Trinajstić information content (AvgIpc) is 2.38. The second-order valence-electron chi connectivity index (χ2n) is 4.98. The van der Waals surface area contributed by atoms with Crippen LogP contribution in [0.5, 0.6) is 0 Å². The highest BCUT2D eigenvalue weighted by Crippen LogP contribution is 2.24. The van der Waals surface area contributed by atoms with Gasteiger partial charge in [0.2, 0.25) is 0 Å². The molecule has 2 rings (SSSR count). The number of carbonyl (C=O) groups is 2. The second-order valence-corrected chi connectivity index (χ2v) is 4.98. The van der Waals surface area contributed by atoms with Crippen LogP contribution >= 0.6 is 0 Å². The van der Waals surface area contributed by atoms with Gasteiger partial charge in [-0.15, -0.1) is 0 Å². The highest BCUT2D eigenvalue weighted by Gasteiger charge is 2.38. The lowest BCUT2D eigenvalue weighted by Crippen LogP contribution is -2.57. The number of carboxylic acid groups (broad SMARTS) is 1. The Hall–Kier alpha value is -1.30. The van der Waals surface area contributed by atoms with Gasteiger partial charge in [0.25, 0.3) is 0 Å². The fourth-order valence-corrected chi connectivity index (χ4v) is 2.72. The summed E-state index contributed by atoms with van der Waals surface area (Å²) >= 11 is 0. The summed E-state index contributed by atoms with van der Waals surface area (Å²) in [7, 11) is 0.